The minimum Gasteiger partial charge on any atom is -0.456 e. The zero-order valence-corrected chi connectivity index (χ0v) is 16.7. The Labute approximate surface area is 164 Å². The van der Waals surface area contributed by atoms with Crippen molar-refractivity contribution in [2.45, 2.75) is 32.1 Å². The van der Waals surface area contributed by atoms with Crippen LogP contribution in [-0.4, -0.2) is 65.3 Å². The third-order valence-electron chi connectivity index (χ3n) is 4.91. The van der Waals surface area contributed by atoms with Gasteiger partial charge < -0.3 is 19.6 Å². The van der Waals surface area contributed by atoms with E-state index in [9.17, 15) is 14.7 Å². The number of nitrogens with zero attached hydrogens (tertiary/aromatic N) is 2. The molecule has 0 aromatic heterocycles. The van der Waals surface area contributed by atoms with Gasteiger partial charge in [-0.3, -0.25) is 4.79 Å². The van der Waals surface area contributed by atoms with Crippen LogP contribution in [0, 0.1) is 5.92 Å². The molecule has 2 aliphatic rings. The van der Waals surface area contributed by atoms with Gasteiger partial charge >= 0.3 is 5.97 Å². The molecule has 27 heavy (non-hydrogen) atoms. The minimum atomic E-state index is -0.716. The van der Waals surface area contributed by atoms with E-state index in [1.807, 2.05) is 44.4 Å². The first kappa shape index (κ1) is 19.9. The predicted molar refractivity (Wildman–Crippen MR) is 105 cm³/mol. The SMILES string of the molecule is CC(O)C1C(=O)N2C(C(=O)OCc3ccccc3)=C(SCCN(C)C)CC12. The normalized spacial score (nSPS) is 22.7. The quantitative estimate of drug-likeness (QED) is 0.540. The standard InChI is InChI=1S/C20H26N2O4S/c1-13(23)17-15-11-16(27-10-9-21(2)3)18(22(15)19(17)24)20(25)26-12-14-7-5-4-6-8-14/h4-8,13,15,17,23H,9-12H2,1-3H3. The molecular weight excluding hydrogens is 364 g/mol. The second-order valence-corrected chi connectivity index (χ2v) is 8.42. The van der Waals surface area contributed by atoms with Crippen molar-refractivity contribution >= 4 is 23.6 Å². The van der Waals surface area contributed by atoms with E-state index < -0.39 is 18.0 Å². The Hall–Kier alpha value is -1.83. The summed E-state index contributed by atoms with van der Waals surface area (Å²) < 4.78 is 5.49. The number of carbonyl (C=O) groups excluding carboxylic acids is 2. The topological polar surface area (TPSA) is 70.1 Å². The summed E-state index contributed by atoms with van der Waals surface area (Å²) in [6.45, 7) is 2.68. The second-order valence-electron chi connectivity index (χ2n) is 7.23. The van der Waals surface area contributed by atoms with Crippen molar-refractivity contribution < 1.29 is 19.4 Å². The summed E-state index contributed by atoms with van der Waals surface area (Å²) in [6, 6.07) is 9.34. The van der Waals surface area contributed by atoms with Crippen molar-refractivity contribution in [1.29, 1.82) is 0 Å². The van der Waals surface area contributed by atoms with E-state index in [0.717, 1.165) is 22.8 Å². The maximum absolute atomic E-state index is 12.8. The lowest BCUT2D eigenvalue weighted by Gasteiger charge is -2.44. The molecule has 0 spiro atoms. The molecule has 0 aliphatic carbocycles. The van der Waals surface area contributed by atoms with Crippen LogP contribution < -0.4 is 0 Å². The summed E-state index contributed by atoms with van der Waals surface area (Å²) in [5.41, 5.74) is 1.26. The number of thioether (sulfide) groups is 1. The molecule has 1 aromatic carbocycles. The fraction of sp³-hybridized carbons (Fsp3) is 0.500. The molecule has 0 radical (unpaired) electrons. The minimum absolute atomic E-state index is 0.140. The van der Waals surface area contributed by atoms with E-state index >= 15 is 0 Å². The summed E-state index contributed by atoms with van der Waals surface area (Å²) in [4.78, 5) is 29.8. The first-order valence-electron chi connectivity index (χ1n) is 9.13. The Morgan fingerprint density at radius 2 is 2.07 bits per heavy atom. The summed E-state index contributed by atoms with van der Waals surface area (Å²) in [6.07, 6.45) is -0.110. The summed E-state index contributed by atoms with van der Waals surface area (Å²) >= 11 is 1.60. The van der Waals surface area contributed by atoms with Crippen molar-refractivity contribution in [3.8, 4) is 0 Å². The molecule has 146 valence electrons. The summed E-state index contributed by atoms with van der Waals surface area (Å²) in [7, 11) is 4.00. The number of aliphatic hydroxyl groups excluding tert-OH is 1. The molecule has 1 N–H and O–H groups in total. The van der Waals surface area contributed by atoms with Gasteiger partial charge in [-0.25, -0.2) is 4.79 Å². The highest BCUT2D eigenvalue weighted by molar-refractivity contribution is 8.03. The number of amides is 1. The maximum atomic E-state index is 12.8. The highest BCUT2D eigenvalue weighted by Gasteiger charge is 2.56. The van der Waals surface area contributed by atoms with E-state index in [-0.39, 0.29) is 18.6 Å². The lowest BCUT2D eigenvalue weighted by Crippen LogP contribution is -2.61. The number of fused-ring (bicyclic) bond motifs is 1. The van der Waals surface area contributed by atoms with Gasteiger partial charge in [0.15, 0.2) is 0 Å². The number of hydrogen-bond acceptors (Lipinski definition) is 6. The third kappa shape index (κ3) is 4.20. The molecule has 1 saturated heterocycles. The van der Waals surface area contributed by atoms with Gasteiger partial charge in [-0.15, -0.1) is 11.8 Å². The molecular formula is C20H26N2O4S. The van der Waals surface area contributed by atoms with Crippen LogP contribution in [0.1, 0.15) is 18.9 Å². The molecule has 0 saturated carbocycles. The Kier molecular flexibility index (Phi) is 6.24. The van der Waals surface area contributed by atoms with E-state index in [4.69, 9.17) is 4.74 Å². The Morgan fingerprint density at radius 3 is 2.70 bits per heavy atom. The molecule has 6 nitrogen and oxygen atoms in total. The summed E-state index contributed by atoms with van der Waals surface area (Å²) in [5, 5.41) is 9.91. The molecule has 7 heteroatoms. The third-order valence-corrected chi connectivity index (χ3v) is 6.00. The van der Waals surface area contributed by atoms with Gasteiger partial charge in [0.1, 0.15) is 12.3 Å². The van der Waals surface area contributed by atoms with Crippen LogP contribution in [0.4, 0.5) is 0 Å². The van der Waals surface area contributed by atoms with Crippen LogP contribution in [0.15, 0.2) is 40.9 Å². The number of ether oxygens (including phenoxy) is 1. The van der Waals surface area contributed by atoms with Crippen LogP contribution in [0.3, 0.4) is 0 Å². The Balaban J connectivity index is 1.73. The van der Waals surface area contributed by atoms with Gasteiger partial charge in [0.2, 0.25) is 5.91 Å². The zero-order valence-electron chi connectivity index (χ0n) is 15.9. The van der Waals surface area contributed by atoms with Crippen LogP contribution in [0.5, 0.6) is 0 Å². The number of β-lactam (4-membered cyclic amide) rings is 1. The van der Waals surface area contributed by atoms with Crippen molar-refractivity contribution in [3.05, 3.63) is 46.5 Å². The molecule has 2 heterocycles. The molecule has 2 aliphatic heterocycles. The van der Waals surface area contributed by atoms with Crippen molar-refractivity contribution in [3.63, 3.8) is 0 Å². The summed E-state index contributed by atoms with van der Waals surface area (Å²) in [5.74, 6) is -0.267. The average Bonchev–Trinajstić information content (AvgIpc) is 2.94. The zero-order chi connectivity index (χ0) is 19.6. The molecule has 1 amide bonds. The van der Waals surface area contributed by atoms with E-state index in [2.05, 4.69) is 4.90 Å². The number of carbonyl (C=O) groups is 2. The number of aliphatic hydroxyl groups is 1. The largest absolute Gasteiger partial charge is 0.456 e. The van der Waals surface area contributed by atoms with Crippen LogP contribution >= 0.6 is 11.8 Å². The first-order chi connectivity index (χ1) is 12.9. The monoisotopic (exact) mass is 390 g/mol. The molecule has 3 unspecified atom stereocenters. The van der Waals surface area contributed by atoms with E-state index in [1.54, 1.807) is 18.7 Å². The number of benzene rings is 1. The van der Waals surface area contributed by atoms with Gasteiger partial charge in [-0.05, 0) is 26.6 Å². The lowest BCUT2D eigenvalue weighted by molar-refractivity contribution is -0.162. The Bertz CT molecular complexity index is 733. The predicted octanol–water partition coefficient (Wildman–Crippen LogP) is 1.85. The van der Waals surface area contributed by atoms with Crippen LogP contribution in [0.25, 0.3) is 0 Å². The first-order valence-corrected chi connectivity index (χ1v) is 10.1. The van der Waals surface area contributed by atoms with Gasteiger partial charge in [-0.2, -0.15) is 0 Å². The molecule has 3 atom stereocenters. The number of rotatable bonds is 8. The number of esters is 1. The van der Waals surface area contributed by atoms with Gasteiger partial charge in [0.25, 0.3) is 0 Å². The van der Waals surface area contributed by atoms with Gasteiger partial charge in [-0.1, -0.05) is 30.3 Å². The van der Waals surface area contributed by atoms with Crippen molar-refractivity contribution in [2.24, 2.45) is 5.92 Å². The lowest BCUT2D eigenvalue weighted by atomic mass is 9.83. The van der Waals surface area contributed by atoms with E-state index in [1.165, 1.54) is 4.90 Å². The smallest absolute Gasteiger partial charge is 0.356 e. The highest BCUT2D eigenvalue weighted by atomic mass is 32.2. The highest BCUT2D eigenvalue weighted by Crippen LogP contribution is 2.47. The fourth-order valence-electron chi connectivity index (χ4n) is 3.49. The molecule has 0 bridgehead atoms. The molecule has 3 rings (SSSR count). The van der Waals surface area contributed by atoms with Crippen molar-refractivity contribution in [1.82, 2.24) is 9.80 Å². The van der Waals surface area contributed by atoms with Crippen LogP contribution in [0.2, 0.25) is 0 Å². The van der Waals surface area contributed by atoms with Gasteiger partial charge in [0, 0.05) is 23.6 Å². The molecule has 1 fully saturated rings. The average molecular weight is 391 g/mol. The maximum Gasteiger partial charge on any atom is 0.356 e. The second kappa shape index (κ2) is 8.46. The number of hydrogen-bond donors (Lipinski definition) is 1. The fourth-order valence-corrected chi connectivity index (χ4v) is 4.80. The molecule has 1 aromatic rings. The van der Waals surface area contributed by atoms with Crippen LogP contribution in [-0.2, 0) is 20.9 Å². The van der Waals surface area contributed by atoms with E-state index in [0.29, 0.717) is 12.1 Å². The van der Waals surface area contributed by atoms with Crippen molar-refractivity contribution in [2.75, 3.05) is 26.4 Å². The Morgan fingerprint density at radius 1 is 1.37 bits per heavy atom. The van der Waals surface area contributed by atoms with Gasteiger partial charge in [0.05, 0.1) is 18.1 Å².